The second-order valence-corrected chi connectivity index (χ2v) is 6.53. The molecule has 1 N–H and O–H groups in total. The highest BCUT2D eigenvalue weighted by Gasteiger charge is 2.25. The smallest absolute Gasteiger partial charge is 0.273 e. The minimum absolute atomic E-state index is 0.00863. The molecule has 0 aromatic carbocycles. The number of aromatic nitrogens is 1. The van der Waals surface area contributed by atoms with E-state index >= 15 is 0 Å². The predicted molar refractivity (Wildman–Crippen MR) is 88.9 cm³/mol. The fourth-order valence-corrected chi connectivity index (χ4v) is 3.36. The van der Waals surface area contributed by atoms with Crippen molar-refractivity contribution in [1.29, 1.82) is 0 Å². The molecule has 1 aliphatic carbocycles. The van der Waals surface area contributed by atoms with E-state index in [1.54, 1.807) is 9.80 Å². The molecule has 0 spiro atoms. The summed E-state index contributed by atoms with van der Waals surface area (Å²) in [5.74, 6) is 0.568. The van der Waals surface area contributed by atoms with E-state index in [2.05, 4.69) is 10.5 Å². The highest BCUT2D eigenvalue weighted by Crippen LogP contribution is 2.24. The van der Waals surface area contributed by atoms with Gasteiger partial charge < -0.3 is 19.6 Å². The van der Waals surface area contributed by atoms with Crippen LogP contribution in [-0.2, 0) is 22.4 Å². The van der Waals surface area contributed by atoms with Crippen LogP contribution in [0.15, 0.2) is 4.52 Å². The summed E-state index contributed by atoms with van der Waals surface area (Å²) in [6.45, 7) is 4.03. The molecule has 3 amide bonds. The molecule has 0 unspecified atom stereocenters. The summed E-state index contributed by atoms with van der Waals surface area (Å²) in [6.07, 6.45) is 4.00. The number of fused-ring (bicyclic) bond motifs is 1. The molecule has 1 aromatic rings. The van der Waals surface area contributed by atoms with Crippen LogP contribution in [-0.4, -0.2) is 65.4 Å². The molecule has 2 heterocycles. The van der Waals surface area contributed by atoms with Crippen molar-refractivity contribution in [2.45, 2.75) is 39.0 Å². The molecular formula is C17H24N4O4. The number of amides is 3. The SMILES string of the molecule is CC(=O)N1CCN(C(=O)CCNC(=O)c2noc3c2CCCC3)CC1. The Balaban J connectivity index is 1.43. The van der Waals surface area contributed by atoms with E-state index in [1.807, 2.05) is 0 Å². The van der Waals surface area contributed by atoms with Gasteiger partial charge in [0.05, 0.1) is 0 Å². The summed E-state index contributed by atoms with van der Waals surface area (Å²) >= 11 is 0. The number of hydrogen-bond donors (Lipinski definition) is 1. The van der Waals surface area contributed by atoms with Crippen LogP contribution in [0, 0.1) is 0 Å². The van der Waals surface area contributed by atoms with Crippen LogP contribution in [0.4, 0.5) is 0 Å². The molecular weight excluding hydrogens is 324 g/mol. The second-order valence-electron chi connectivity index (χ2n) is 6.53. The Labute approximate surface area is 146 Å². The third-order valence-electron chi connectivity index (χ3n) is 4.87. The van der Waals surface area contributed by atoms with E-state index in [1.165, 1.54) is 6.92 Å². The summed E-state index contributed by atoms with van der Waals surface area (Å²) < 4.78 is 5.24. The summed E-state index contributed by atoms with van der Waals surface area (Å²) in [4.78, 5) is 39.2. The molecule has 0 saturated carbocycles. The molecule has 0 atom stereocenters. The zero-order valence-electron chi connectivity index (χ0n) is 14.5. The number of aryl methyl sites for hydroxylation is 1. The van der Waals surface area contributed by atoms with E-state index in [0.717, 1.165) is 37.0 Å². The zero-order valence-corrected chi connectivity index (χ0v) is 14.5. The van der Waals surface area contributed by atoms with Gasteiger partial charge in [0, 0.05) is 58.1 Å². The first-order valence-electron chi connectivity index (χ1n) is 8.85. The van der Waals surface area contributed by atoms with Gasteiger partial charge in [-0.05, 0) is 19.3 Å². The lowest BCUT2D eigenvalue weighted by Crippen LogP contribution is -2.50. The molecule has 25 heavy (non-hydrogen) atoms. The fraction of sp³-hybridized carbons (Fsp3) is 0.647. The van der Waals surface area contributed by atoms with E-state index < -0.39 is 0 Å². The maximum absolute atomic E-state index is 12.3. The third kappa shape index (κ3) is 4.00. The van der Waals surface area contributed by atoms with Crippen LogP contribution in [0.1, 0.15) is 48.0 Å². The number of carbonyl (C=O) groups is 3. The Kier molecular flexibility index (Phi) is 5.35. The molecule has 3 rings (SSSR count). The lowest BCUT2D eigenvalue weighted by Gasteiger charge is -2.34. The Morgan fingerprint density at radius 2 is 1.76 bits per heavy atom. The first-order valence-corrected chi connectivity index (χ1v) is 8.85. The molecule has 1 saturated heterocycles. The van der Waals surface area contributed by atoms with Gasteiger partial charge in [0.2, 0.25) is 11.8 Å². The number of rotatable bonds is 4. The van der Waals surface area contributed by atoms with Gasteiger partial charge in [-0.1, -0.05) is 5.16 Å². The van der Waals surface area contributed by atoms with Crippen LogP contribution in [0.5, 0.6) is 0 Å². The lowest BCUT2D eigenvalue weighted by molar-refractivity contribution is -0.138. The van der Waals surface area contributed by atoms with Crippen LogP contribution >= 0.6 is 0 Å². The third-order valence-corrected chi connectivity index (χ3v) is 4.87. The van der Waals surface area contributed by atoms with Gasteiger partial charge in [-0.15, -0.1) is 0 Å². The standard InChI is InChI=1S/C17H24N4O4/c1-12(22)20-8-10-21(11-9-20)15(23)6-7-18-17(24)16-13-4-2-3-5-14(13)25-19-16/h2-11H2,1H3,(H,18,24). The molecule has 1 fully saturated rings. The Morgan fingerprint density at radius 1 is 1.08 bits per heavy atom. The van der Waals surface area contributed by atoms with Gasteiger partial charge in [-0.2, -0.15) is 0 Å². The van der Waals surface area contributed by atoms with Crippen molar-refractivity contribution in [1.82, 2.24) is 20.3 Å². The summed E-state index contributed by atoms with van der Waals surface area (Å²) in [7, 11) is 0. The highest BCUT2D eigenvalue weighted by atomic mass is 16.5. The van der Waals surface area contributed by atoms with Crippen LogP contribution < -0.4 is 5.32 Å². The minimum atomic E-state index is -0.277. The van der Waals surface area contributed by atoms with Crippen molar-refractivity contribution in [2.24, 2.45) is 0 Å². The molecule has 136 valence electrons. The summed E-state index contributed by atoms with van der Waals surface area (Å²) in [5.41, 5.74) is 1.27. The normalized spacial score (nSPS) is 17.2. The predicted octanol–water partition coefficient (Wildman–Crippen LogP) is 0.364. The zero-order chi connectivity index (χ0) is 17.8. The van der Waals surface area contributed by atoms with E-state index in [0.29, 0.717) is 31.9 Å². The molecule has 0 radical (unpaired) electrons. The van der Waals surface area contributed by atoms with Crippen molar-refractivity contribution in [3.8, 4) is 0 Å². The average Bonchev–Trinajstić information content (AvgIpc) is 3.05. The van der Waals surface area contributed by atoms with Gasteiger partial charge >= 0.3 is 0 Å². The highest BCUT2D eigenvalue weighted by molar-refractivity contribution is 5.94. The number of nitrogens with one attached hydrogen (secondary N) is 1. The average molecular weight is 348 g/mol. The number of carbonyl (C=O) groups excluding carboxylic acids is 3. The molecule has 2 aliphatic rings. The number of nitrogens with zero attached hydrogens (tertiary/aromatic N) is 3. The molecule has 0 bridgehead atoms. The largest absolute Gasteiger partial charge is 0.360 e. The Bertz CT molecular complexity index is 662. The first-order chi connectivity index (χ1) is 12.1. The van der Waals surface area contributed by atoms with Crippen molar-refractivity contribution in [3.63, 3.8) is 0 Å². The van der Waals surface area contributed by atoms with Crippen molar-refractivity contribution in [3.05, 3.63) is 17.0 Å². The molecule has 1 aromatic heterocycles. The van der Waals surface area contributed by atoms with E-state index in [-0.39, 0.29) is 30.7 Å². The van der Waals surface area contributed by atoms with Gasteiger partial charge in [0.15, 0.2) is 5.69 Å². The van der Waals surface area contributed by atoms with Crippen LogP contribution in [0.2, 0.25) is 0 Å². The van der Waals surface area contributed by atoms with E-state index in [4.69, 9.17) is 4.52 Å². The van der Waals surface area contributed by atoms with Gasteiger partial charge in [0.1, 0.15) is 5.76 Å². The van der Waals surface area contributed by atoms with Gasteiger partial charge in [0.25, 0.3) is 5.91 Å². The number of hydrogen-bond acceptors (Lipinski definition) is 5. The maximum atomic E-state index is 12.3. The lowest BCUT2D eigenvalue weighted by atomic mass is 9.96. The van der Waals surface area contributed by atoms with Crippen LogP contribution in [0.3, 0.4) is 0 Å². The maximum Gasteiger partial charge on any atom is 0.273 e. The Hall–Kier alpha value is -2.38. The number of piperazine rings is 1. The van der Waals surface area contributed by atoms with E-state index in [9.17, 15) is 14.4 Å². The minimum Gasteiger partial charge on any atom is -0.360 e. The van der Waals surface area contributed by atoms with Crippen molar-refractivity contribution in [2.75, 3.05) is 32.7 Å². The first kappa shape index (κ1) is 17.4. The molecule has 1 aliphatic heterocycles. The topological polar surface area (TPSA) is 95.8 Å². The van der Waals surface area contributed by atoms with Crippen molar-refractivity contribution < 1.29 is 18.9 Å². The van der Waals surface area contributed by atoms with Gasteiger partial charge in [-0.25, -0.2) is 0 Å². The fourth-order valence-electron chi connectivity index (χ4n) is 3.36. The summed E-state index contributed by atoms with van der Waals surface area (Å²) in [6, 6.07) is 0. The quantitative estimate of drug-likeness (QED) is 0.848. The molecule has 8 heteroatoms. The summed E-state index contributed by atoms with van der Waals surface area (Å²) in [5, 5.41) is 6.65. The van der Waals surface area contributed by atoms with Crippen molar-refractivity contribution >= 4 is 17.7 Å². The second kappa shape index (κ2) is 7.67. The molecule has 8 nitrogen and oxygen atoms in total. The van der Waals surface area contributed by atoms with Gasteiger partial charge in [-0.3, -0.25) is 14.4 Å². The Morgan fingerprint density at radius 3 is 2.48 bits per heavy atom. The monoisotopic (exact) mass is 348 g/mol. The van der Waals surface area contributed by atoms with Crippen LogP contribution in [0.25, 0.3) is 0 Å².